The number of hydrogen-bond acceptors (Lipinski definition) is 6. The summed E-state index contributed by atoms with van der Waals surface area (Å²) in [6.45, 7) is 7.15. The summed E-state index contributed by atoms with van der Waals surface area (Å²) < 4.78 is 53.4. The van der Waals surface area contributed by atoms with E-state index in [1.807, 2.05) is 31.2 Å². The molecule has 1 atom stereocenters. The number of hydrogen-bond donors (Lipinski definition) is 2. The van der Waals surface area contributed by atoms with Gasteiger partial charge in [-0.3, -0.25) is 10.1 Å². The van der Waals surface area contributed by atoms with Crippen LogP contribution in [0.3, 0.4) is 0 Å². The van der Waals surface area contributed by atoms with E-state index < -0.39 is 24.1 Å². The number of nitrogens with zero attached hydrogens (tertiary/aromatic N) is 2. The zero-order valence-electron chi connectivity index (χ0n) is 21.9. The summed E-state index contributed by atoms with van der Waals surface area (Å²) in [6.07, 6.45) is -2.05. The van der Waals surface area contributed by atoms with Crippen LogP contribution in [0, 0.1) is 6.92 Å². The minimum atomic E-state index is -4.81. The van der Waals surface area contributed by atoms with E-state index in [0.717, 1.165) is 27.7 Å². The third kappa shape index (κ3) is 8.10. The number of rotatable bonds is 8. The molecule has 0 aliphatic carbocycles. The van der Waals surface area contributed by atoms with E-state index in [9.17, 15) is 18.0 Å². The molecule has 8 nitrogen and oxygen atoms in total. The third-order valence-electron chi connectivity index (χ3n) is 5.58. The maximum atomic E-state index is 12.7. The van der Waals surface area contributed by atoms with Gasteiger partial charge in [0.25, 0.3) is 0 Å². The Labute approximate surface area is 223 Å². The fraction of sp³-hybridized carbons (Fsp3) is 0.321. The molecule has 2 aromatic carbocycles. The Hall–Kier alpha value is -4.28. The van der Waals surface area contributed by atoms with Crippen molar-refractivity contribution < 1.29 is 32.2 Å². The number of pyridine rings is 1. The summed E-state index contributed by atoms with van der Waals surface area (Å²) in [4.78, 5) is 16.8. The number of nitrogens with one attached hydrogen (secondary N) is 2. The number of ether oxygens (including phenoxy) is 3. The Balaban J connectivity index is 1.50. The number of alkyl halides is 3. The van der Waals surface area contributed by atoms with Crippen molar-refractivity contribution in [2.24, 2.45) is 0 Å². The van der Waals surface area contributed by atoms with Gasteiger partial charge in [-0.1, -0.05) is 18.2 Å². The average molecular weight is 543 g/mol. The molecular weight excluding hydrogens is 513 g/mol. The first-order valence-corrected chi connectivity index (χ1v) is 12.2. The van der Waals surface area contributed by atoms with Gasteiger partial charge in [-0.2, -0.15) is 5.10 Å². The van der Waals surface area contributed by atoms with Crippen LogP contribution < -0.4 is 14.8 Å². The number of H-pyrrole nitrogens is 1. The molecule has 39 heavy (non-hydrogen) atoms. The van der Waals surface area contributed by atoms with Crippen LogP contribution in [0.1, 0.15) is 32.0 Å². The van der Waals surface area contributed by atoms with Crippen molar-refractivity contribution >= 4 is 17.0 Å². The second-order valence-corrected chi connectivity index (χ2v) is 10.0. The van der Waals surface area contributed by atoms with Crippen molar-refractivity contribution in [1.82, 2.24) is 20.5 Å². The van der Waals surface area contributed by atoms with Gasteiger partial charge in [0.2, 0.25) is 0 Å². The van der Waals surface area contributed by atoms with E-state index in [0.29, 0.717) is 11.3 Å². The lowest BCUT2D eigenvalue weighted by atomic mass is 10.0. The van der Waals surface area contributed by atoms with Gasteiger partial charge in [0.1, 0.15) is 23.7 Å². The van der Waals surface area contributed by atoms with Gasteiger partial charge < -0.3 is 19.5 Å². The van der Waals surface area contributed by atoms with Crippen molar-refractivity contribution in [1.29, 1.82) is 0 Å². The maximum absolute atomic E-state index is 12.7. The number of benzene rings is 2. The number of carbonyl (C=O) groups excluding carboxylic acids is 1. The van der Waals surface area contributed by atoms with Crippen molar-refractivity contribution in [3.63, 3.8) is 0 Å². The van der Waals surface area contributed by atoms with E-state index in [2.05, 4.69) is 25.2 Å². The van der Waals surface area contributed by atoms with Gasteiger partial charge in [-0.05, 0) is 75.6 Å². The van der Waals surface area contributed by atoms with Crippen LogP contribution in [0.15, 0.2) is 60.9 Å². The van der Waals surface area contributed by atoms with Crippen LogP contribution in [0.4, 0.5) is 18.0 Å². The molecule has 0 saturated heterocycles. The van der Waals surface area contributed by atoms with Crippen molar-refractivity contribution in [2.75, 3.05) is 6.61 Å². The van der Waals surface area contributed by atoms with Crippen LogP contribution in [0.5, 0.6) is 11.5 Å². The zero-order valence-corrected chi connectivity index (χ0v) is 21.9. The molecule has 0 aliphatic heterocycles. The highest BCUT2D eigenvalue weighted by molar-refractivity contribution is 5.86. The largest absolute Gasteiger partial charge is 0.573 e. The Bertz CT molecular complexity index is 1450. The van der Waals surface area contributed by atoms with Gasteiger partial charge in [0, 0.05) is 22.8 Å². The Morgan fingerprint density at radius 3 is 2.56 bits per heavy atom. The summed E-state index contributed by atoms with van der Waals surface area (Å²) in [7, 11) is 0. The summed E-state index contributed by atoms with van der Waals surface area (Å²) >= 11 is 0. The SMILES string of the molecule is Cc1[nH]nc2ccc(-c3cncc(OC[C@H](Cc4cccc(OC(F)(F)F)c4)NC(=O)OC(C)(C)C)c3)cc12. The van der Waals surface area contributed by atoms with Gasteiger partial charge >= 0.3 is 12.5 Å². The molecule has 2 heterocycles. The number of aryl methyl sites for hydroxylation is 1. The fourth-order valence-corrected chi connectivity index (χ4v) is 3.95. The minimum Gasteiger partial charge on any atom is -0.490 e. The number of aromatic nitrogens is 3. The second-order valence-electron chi connectivity index (χ2n) is 10.0. The Morgan fingerprint density at radius 1 is 1.03 bits per heavy atom. The molecule has 11 heteroatoms. The number of amides is 1. The molecule has 0 saturated carbocycles. The molecule has 4 aromatic rings. The normalized spacial score (nSPS) is 12.7. The molecule has 206 valence electrons. The second kappa shape index (κ2) is 11.2. The van der Waals surface area contributed by atoms with Crippen LogP contribution in [-0.4, -0.2) is 45.9 Å². The highest BCUT2D eigenvalue weighted by Gasteiger charge is 2.31. The average Bonchev–Trinajstić information content (AvgIpc) is 3.21. The monoisotopic (exact) mass is 542 g/mol. The van der Waals surface area contributed by atoms with Gasteiger partial charge in [-0.25, -0.2) is 4.79 Å². The first-order chi connectivity index (χ1) is 18.3. The van der Waals surface area contributed by atoms with Crippen LogP contribution in [-0.2, 0) is 11.2 Å². The molecule has 0 bridgehead atoms. The predicted molar refractivity (Wildman–Crippen MR) is 140 cm³/mol. The lowest BCUT2D eigenvalue weighted by Crippen LogP contribution is -2.43. The van der Waals surface area contributed by atoms with E-state index >= 15 is 0 Å². The summed E-state index contributed by atoms with van der Waals surface area (Å²) in [5.41, 5.74) is 3.34. The molecule has 0 fully saturated rings. The van der Waals surface area contributed by atoms with Crippen molar-refractivity contribution in [3.05, 3.63) is 72.2 Å². The summed E-state index contributed by atoms with van der Waals surface area (Å²) in [5, 5.41) is 11.0. The number of carbonyl (C=O) groups is 1. The quantitative estimate of drug-likeness (QED) is 0.269. The van der Waals surface area contributed by atoms with E-state index in [4.69, 9.17) is 9.47 Å². The molecular formula is C28H29F3N4O4. The van der Waals surface area contributed by atoms with Crippen LogP contribution >= 0.6 is 0 Å². The van der Waals surface area contributed by atoms with Gasteiger partial charge in [-0.15, -0.1) is 13.2 Å². The smallest absolute Gasteiger partial charge is 0.490 e. The van der Waals surface area contributed by atoms with Crippen LogP contribution in [0.25, 0.3) is 22.0 Å². The van der Waals surface area contributed by atoms with Crippen molar-refractivity contribution in [3.8, 4) is 22.6 Å². The first kappa shape index (κ1) is 27.7. The molecule has 0 aliphatic rings. The molecule has 1 amide bonds. The van der Waals surface area contributed by atoms with E-state index in [1.54, 1.807) is 39.2 Å². The fourth-order valence-electron chi connectivity index (χ4n) is 3.95. The molecule has 2 aromatic heterocycles. The first-order valence-electron chi connectivity index (χ1n) is 12.2. The topological polar surface area (TPSA) is 98.4 Å². The summed E-state index contributed by atoms with van der Waals surface area (Å²) in [6, 6.07) is 12.6. The number of fused-ring (bicyclic) bond motifs is 1. The number of alkyl carbamates (subject to hydrolysis) is 1. The van der Waals surface area contributed by atoms with Gasteiger partial charge in [0.15, 0.2) is 0 Å². The number of halogens is 3. The van der Waals surface area contributed by atoms with Crippen molar-refractivity contribution in [2.45, 2.75) is 52.1 Å². The highest BCUT2D eigenvalue weighted by Crippen LogP contribution is 2.27. The lowest BCUT2D eigenvalue weighted by Gasteiger charge is -2.24. The highest BCUT2D eigenvalue weighted by atomic mass is 19.4. The van der Waals surface area contributed by atoms with Crippen LogP contribution in [0.2, 0.25) is 0 Å². The molecule has 2 N–H and O–H groups in total. The van der Waals surface area contributed by atoms with Gasteiger partial charge in [0.05, 0.1) is 17.8 Å². The number of aromatic amines is 1. The molecule has 0 unspecified atom stereocenters. The maximum Gasteiger partial charge on any atom is 0.573 e. The Kier molecular flexibility index (Phi) is 7.98. The third-order valence-corrected chi connectivity index (χ3v) is 5.58. The van der Waals surface area contributed by atoms with E-state index in [-0.39, 0.29) is 18.8 Å². The minimum absolute atomic E-state index is 0.00854. The lowest BCUT2D eigenvalue weighted by molar-refractivity contribution is -0.274. The van der Waals surface area contributed by atoms with E-state index in [1.165, 1.54) is 18.2 Å². The standard InChI is InChI=1S/C28H29F3N4O4/c1-17-24-13-19(8-9-25(24)35-34-17)20-12-23(15-32-14-20)37-16-21(33-26(36)39-27(2,3)4)10-18-6-5-7-22(11-18)38-28(29,30)31/h5-9,11-15,21H,10,16H2,1-4H3,(H,33,36)(H,34,35)/t21-/m0/s1. The molecule has 0 spiro atoms. The molecule has 4 rings (SSSR count). The molecule has 0 radical (unpaired) electrons. The Morgan fingerprint density at radius 2 is 1.82 bits per heavy atom. The summed E-state index contributed by atoms with van der Waals surface area (Å²) in [5.74, 6) is 0.111. The zero-order chi connectivity index (χ0) is 28.2. The predicted octanol–water partition coefficient (Wildman–Crippen LogP) is 6.35.